The van der Waals surface area contributed by atoms with E-state index < -0.39 is 0 Å². The number of hydrogen-bond donors (Lipinski definition) is 0. The largest absolute Gasteiger partial charge is 0.342 e. The topological polar surface area (TPSA) is 40.6 Å². The highest BCUT2D eigenvalue weighted by molar-refractivity contribution is 5.82. The van der Waals surface area contributed by atoms with E-state index in [0.29, 0.717) is 18.5 Å². The zero-order chi connectivity index (χ0) is 15.6. The van der Waals surface area contributed by atoms with Gasteiger partial charge in [0.05, 0.1) is 5.92 Å². The van der Waals surface area contributed by atoms with Crippen molar-refractivity contribution in [2.75, 3.05) is 19.6 Å². The van der Waals surface area contributed by atoms with E-state index >= 15 is 0 Å². The van der Waals surface area contributed by atoms with Crippen LogP contribution in [-0.2, 0) is 9.59 Å². The second-order valence-corrected chi connectivity index (χ2v) is 7.26. The number of hydrogen-bond acceptors (Lipinski definition) is 2. The minimum atomic E-state index is 0.0146. The van der Waals surface area contributed by atoms with E-state index in [1.807, 2.05) is 18.7 Å². The van der Waals surface area contributed by atoms with Crippen molar-refractivity contribution in [3.05, 3.63) is 0 Å². The lowest BCUT2D eigenvalue weighted by molar-refractivity contribution is -0.143. The van der Waals surface area contributed by atoms with E-state index in [0.717, 1.165) is 38.8 Å². The molecule has 0 aromatic carbocycles. The second kappa shape index (κ2) is 6.80. The van der Waals surface area contributed by atoms with Gasteiger partial charge in [-0.15, -0.1) is 0 Å². The van der Waals surface area contributed by atoms with Gasteiger partial charge in [-0.25, -0.2) is 0 Å². The Kier molecular flexibility index (Phi) is 5.28. The Morgan fingerprint density at radius 1 is 1.00 bits per heavy atom. The van der Waals surface area contributed by atoms with Crippen LogP contribution < -0.4 is 0 Å². The first kappa shape index (κ1) is 16.3. The fraction of sp³-hybridized carbons (Fsp3) is 0.882. The number of carbonyl (C=O) groups excluding carboxylic acids is 2. The van der Waals surface area contributed by atoms with Gasteiger partial charge in [0.1, 0.15) is 0 Å². The number of nitrogens with zero attached hydrogens (tertiary/aromatic N) is 2. The molecule has 4 heteroatoms. The van der Waals surface area contributed by atoms with Gasteiger partial charge in [0, 0.05) is 31.6 Å². The summed E-state index contributed by atoms with van der Waals surface area (Å²) in [7, 11) is 0. The zero-order valence-electron chi connectivity index (χ0n) is 14.0. The van der Waals surface area contributed by atoms with E-state index in [-0.39, 0.29) is 23.7 Å². The highest BCUT2D eigenvalue weighted by Gasteiger charge is 2.37. The predicted molar refractivity (Wildman–Crippen MR) is 83.7 cm³/mol. The Bertz CT molecular complexity index is 392. The van der Waals surface area contributed by atoms with Gasteiger partial charge in [0.2, 0.25) is 11.8 Å². The maximum Gasteiger partial charge on any atom is 0.227 e. The molecule has 0 aromatic rings. The molecule has 2 fully saturated rings. The van der Waals surface area contributed by atoms with Gasteiger partial charge in [-0.05, 0) is 31.6 Å². The number of piperidine rings is 1. The minimum Gasteiger partial charge on any atom is -0.342 e. The molecule has 2 atom stereocenters. The van der Waals surface area contributed by atoms with Crippen LogP contribution in [0.5, 0.6) is 0 Å². The summed E-state index contributed by atoms with van der Waals surface area (Å²) in [5.41, 5.74) is 0. The molecule has 21 heavy (non-hydrogen) atoms. The van der Waals surface area contributed by atoms with Crippen LogP contribution in [-0.4, -0.2) is 47.3 Å². The molecule has 120 valence electrons. The first-order chi connectivity index (χ1) is 9.91. The molecule has 2 unspecified atom stereocenters. The van der Waals surface area contributed by atoms with Crippen LogP contribution in [0.1, 0.15) is 53.4 Å². The van der Waals surface area contributed by atoms with Gasteiger partial charge >= 0.3 is 0 Å². The van der Waals surface area contributed by atoms with Crippen LogP contribution in [0, 0.1) is 17.8 Å². The Labute approximate surface area is 128 Å². The van der Waals surface area contributed by atoms with Crippen molar-refractivity contribution in [1.82, 2.24) is 9.80 Å². The van der Waals surface area contributed by atoms with Crippen molar-refractivity contribution in [3.8, 4) is 0 Å². The smallest absolute Gasteiger partial charge is 0.227 e. The molecule has 2 heterocycles. The van der Waals surface area contributed by atoms with Crippen molar-refractivity contribution >= 4 is 11.8 Å². The molecule has 4 nitrogen and oxygen atoms in total. The molecule has 2 amide bonds. The summed E-state index contributed by atoms with van der Waals surface area (Å²) in [6, 6.07) is 0.397. The number of carbonyl (C=O) groups is 2. The molecule has 0 saturated carbocycles. The van der Waals surface area contributed by atoms with E-state index in [1.165, 1.54) is 0 Å². The molecule has 0 aliphatic carbocycles. The third kappa shape index (κ3) is 3.58. The number of likely N-dealkylation sites (tertiary alicyclic amines) is 2. The van der Waals surface area contributed by atoms with Crippen LogP contribution in [0.25, 0.3) is 0 Å². The lowest BCUT2D eigenvalue weighted by atomic mass is 9.94. The molecule has 2 aliphatic heterocycles. The third-order valence-electron chi connectivity index (χ3n) is 4.93. The van der Waals surface area contributed by atoms with Crippen molar-refractivity contribution in [3.63, 3.8) is 0 Å². The summed E-state index contributed by atoms with van der Waals surface area (Å²) in [5, 5.41) is 0. The highest BCUT2D eigenvalue weighted by Crippen LogP contribution is 2.28. The summed E-state index contributed by atoms with van der Waals surface area (Å²) in [5.74, 6) is 1.03. The minimum absolute atomic E-state index is 0.0146. The van der Waals surface area contributed by atoms with E-state index in [9.17, 15) is 9.59 Å². The normalized spacial score (nSPS) is 26.8. The molecule has 0 radical (unpaired) electrons. The van der Waals surface area contributed by atoms with E-state index in [2.05, 4.69) is 18.7 Å². The second-order valence-electron chi connectivity index (χ2n) is 7.26. The van der Waals surface area contributed by atoms with Crippen molar-refractivity contribution < 1.29 is 9.59 Å². The Morgan fingerprint density at radius 2 is 1.67 bits per heavy atom. The molecule has 0 N–H and O–H groups in total. The van der Waals surface area contributed by atoms with Gasteiger partial charge in [0.15, 0.2) is 0 Å². The Balaban J connectivity index is 2.00. The third-order valence-corrected chi connectivity index (χ3v) is 4.93. The molecule has 0 aromatic heterocycles. The van der Waals surface area contributed by atoms with Crippen molar-refractivity contribution in [2.45, 2.75) is 59.4 Å². The average molecular weight is 294 g/mol. The lowest BCUT2D eigenvalue weighted by Crippen LogP contribution is -2.49. The predicted octanol–water partition coefficient (Wildman–Crippen LogP) is 2.53. The van der Waals surface area contributed by atoms with Crippen LogP contribution in [0.15, 0.2) is 0 Å². The molecular weight excluding hydrogens is 264 g/mol. The average Bonchev–Trinajstić information content (AvgIpc) is 2.95. The molecule has 0 spiro atoms. The summed E-state index contributed by atoms with van der Waals surface area (Å²) < 4.78 is 0. The van der Waals surface area contributed by atoms with Gasteiger partial charge in [-0.3, -0.25) is 9.59 Å². The first-order valence-corrected chi connectivity index (χ1v) is 8.51. The van der Waals surface area contributed by atoms with Gasteiger partial charge in [-0.1, -0.05) is 27.7 Å². The monoisotopic (exact) mass is 294 g/mol. The van der Waals surface area contributed by atoms with Crippen molar-refractivity contribution in [1.29, 1.82) is 0 Å². The standard InChI is InChI=1S/C17H30N2O2/c1-12(2)15-8-6-10-19(15)17(21)14-7-5-9-18(11-14)16(20)13(3)4/h12-15H,5-11H2,1-4H3. The summed E-state index contributed by atoms with van der Waals surface area (Å²) in [6.45, 7) is 10.6. The van der Waals surface area contributed by atoms with E-state index in [1.54, 1.807) is 0 Å². The lowest BCUT2D eigenvalue weighted by Gasteiger charge is -2.37. The first-order valence-electron chi connectivity index (χ1n) is 8.51. The molecule has 2 rings (SSSR count). The molecular formula is C17H30N2O2. The van der Waals surface area contributed by atoms with Gasteiger partial charge in [0.25, 0.3) is 0 Å². The Hall–Kier alpha value is -1.06. The van der Waals surface area contributed by atoms with E-state index in [4.69, 9.17) is 0 Å². The highest BCUT2D eigenvalue weighted by atomic mass is 16.2. The van der Waals surface area contributed by atoms with Gasteiger partial charge < -0.3 is 9.80 Å². The zero-order valence-corrected chi connectivity index (χ0v) is 14.0. The van der Waals surface area contributed by atoms with Gasteiger partial charge in [-0.2, -0.15) is 0 Å². The summed E-state index contributed by atoms with van der Waals surface area (Å²) in [6.07, 6.45) is 4.14. The molecule has 0 bridgehead atoms. The maximum atomic E-state index is 12.8. The quantitative estimate of drug-likeness (QED) is 0.802. The Morgan fingerprint density at radius 3 is 2.29 bits per heavy atom. The molecule has 2 aliphatic rings. The maximum absolute atomic E-state index is 12.8. The van der Waals surface area contributed by atoms with Crippen LogP contribution in [0.3, 0.4) is 0 Å². The van der Waals surface area contributed by atoms with Crippen LogP contribution >= 0.6 is 0 Å². The summed E-state index contributed by atoms with van der Waals surface area (Å²) >= 11 is 0. The van der Waals surface area contributed by atoms with Crippen molar-refractivity contribution in [2.24, 2.45) is 17.8 Å². The summed E-state index contributed by atoms with van der Waals surface area (Å²) in [4.78, 5) is 29.0. The van der Waals surface area contributed by atoms with Crippen LogP contribution in [0.4, 0.5) is 0 Å². The SMILES string of the molecule is CC(C)C(=O)N1CCCC(C(=O)N2CCCC2C(C)C)C1. The fourth-order valence-corrected chi connectivity index (χ4v) is 3.74. The van der Waals surface area contributed by atoms with Crippen LogP contribution in [0.2, 0.25) is 0 Å². The fourth-order valence-electron chi connectivity index (χ4n) is 3.74. The molecule has 2 saturated heterocycles. The number of rotatable bonds is 3. The number of amides is 2.